The number of nitrogens with zero attached hydrogens (tertiary/aromatic N) is 2. The highest BCUT2D eigenvalue weighted by molar-refractivity contribution is 5.78. The number of carbonyl (C=O) groups excluding carboxylic acids is 1. The Kier molecular flexibility index (Phi) is 5.23. The second-order valence-corrected chi connectivity index (χ2v) is 4.31. The third-order valence-electron chi connectivity index (χ3n) is 2.93. The molecule has 0 aliphatic heterocycles. The van der Waals surface area contributed by atoms with E-state index >= 15 is 0 Å². The number of nitrogens with one attached hydrogen (secondary N) is 1. The van der Waals surface area contributed by atoms with Crippen LogP contribution in [0.5, 0.6) is 0 Å². The summed E-state index contributed by atoms with van der Waals surface area (Å²) in [4.78, 5) is 13.5. The monoisotopic (exact) mass is 224 g/mol. The maximum atomic E-state index is 11.5. The Bertz CT molecular complexity index is 270. The van der Waals surface area contributed by atoms with Gasteiger partial charge in [0.2, 0.25) is 5.91 Å². The fourth-order valence-corrected chi connectivity index (χ4v) is 1.87. The van der Waals surface area contributed by atoms with Gasteiger partial charge in [0.05, 0.1) is 19.0 Å². The Morgan fingerprint density at radius 1 is 1.69 bits per heavy atom. The van der Waals surface area contributed by atoms with Crippen molar-refractivity contribution in [2.24, 2.45) is 11.7 Å². The third kappa shape index (κ3) is 4.17. The average molecular weight is 224 g/mol. The molecular weight excluding hydrogens is 204 g/mol. The van der Waals surface area contributed by atoms with Crippen molar-refractivity contribution in [1.29, 1.82) is 5.26 Å². The van der Waals surface area contributed by atoms with E-state index in [1.165, 1.54) is 12.8 Å². The molecule has 1 atom stereocenters. The van der Waals surface area contributed by atoms with Gasteiger partial charge in [-0.3, -0.25) is 9.69 Å². The van der Waals surface area contributed by atoms with Crippen molar-refractivity contribution in [2.45, 2.75) is 25.3 Å². The minimum atomic E-state index is -0.0307. The molecule has 1 unspecified atom stereocenters. The Hall–Kier alpha value is -1.12. The molecule has 0 spiro atoms. The van der Waals surface area contributed by atoms with E-state index in [4.69, 9.17) is 11.0 Å². The molecule has 0 aromatic heterocycles. The molecule has 3 N–H and O–H groups in total. The molecule has 0 aromatic carbocycles. The van der Waals surface area contributed by atoms with Gasteiger partial charge in [-0.05, 0) is 25.8 Å². The fraction of sp³-hybridized carbons (Fsp3) is 0.818. The number of rotatable bonds is 7. The van der Waals surface area contributed by atoms with Crippen molar-refractivity contribution >= 4 is 5.91 Å². The lowest BCUT2D eigenvalue weighted by Crippen LogP contribution is -2.45. The van der Waals surface area contributed by atoms with Gasteiger partial charge in [0.1, 0.15) is 0 Å². The maximum Gasteiger partial charge on any atom is 0.234 e. The minimum absolute atomic E-state index is 0.0307. The van der Waals surface area contributed by atoms with Crippen LogP contribution in [0.25, 0.3) is 0 Å². The van der Waals surface area contributed by atoms with E-state index in [-0.39, 0.29) is 5.91 Å². The fourth-order valence-electron chi connectivity index (χ4n) is 1.87. The zero-order chi connectivity index (χ0) is 12.0. The van der Waals surface area contributed by atoms with E-state index in [0.717, 1.165) is 0 Å². The van der Waals surface area contributed by atoms with E-state index < -0.39 is 0 Å². The predicted molar refractivity (Wildman–Crippen MR) is 61.4 cm³/mol. The lowest BCUT2D eigenvalue weighted by molar-refractivity contribution is -0.122. The van der Waals surface area contributed by atoms with Gasteiger partial charge in [0, 0.05) is 19.1 Å². The van der Waals surface area contributed by atoms with Gasteiger partial charge >= 0.3 is 0 Å². The molecule has 1 saturated carbocycles. The molecule has 5 heteroatoms. The van der Waals surface area contributed by atoms with Crippen LogP contribution in [0.2, 0.25) is 0 Å². The van der Waals surface area contributed by atoms with Gasteiger partial charge in [-0.2, -0.15) is 5.26 Å². The van der Waals surface area contributed by atoms with Crippen LogP contribution in [0.1, 0.15) is 19.3 Å². The molecule has 5 nitrogen and oxygen atoms in total. The van der Waals surface area contributed by atoms with E-state index in [2.05, 4.69) is 5.32 Å². The molecular formula is C11H20N4O. The van der Waals surface area contributed by atoms with Gasteiger partial charge in [-0.1, -0.05) is 0 Å². The normalized spacial score (nSPS) is 16.9. The molecule has 0 heterocycles. The van der Waals surface area contributed by atoms with E-state index in [1.807, 2.05) is 18.0 Å². The van der Waals surface area contributed by atoms with Crippen LogP contribution in [0.4, 0.5) is 0 Å². The second-order valence-electron chi connectivity index (χ2n) is 4.31. The number of hydrogen-bond donors (Lipinski definition) is 2. The van der Waals surface area contributed by atoms with E-state index in [1.54, 1.807) is 0 Å². The molecule has 1 fully saturated rings. The number of hydrogen-bond acceptors (Lipinski definition) is 4. The molecule has 1 rings (SSSR count). The van der Waals surface area contributed by atoms with Crippen molar-refractivity contribution < 1.29 is 4.79 Å². The Labute approximate surface area is 96.6 Å². The first-order chi connectivity index (χ1) is 7.69. The number of likely N-dealkylation sites (N-methyl/N-ethyl adjacent to an activating group) is 1. The lowest BCUT2D eigenvalue weighted by Gasteiger charge is -2.26. The summed E-state index contributed by atoms with van der Waals surface area (Å²) in [6.45, 7) is 1.40. The standard InChI is InChI=1S/C11H20N4O/c1-15(10(7-13)9-3-4-9)8-11(16)14-6-2-5-12/h9-10H,2-4,6-8,13H2,1H3,(H,14,16). The van der Waals surface area contributed by atoms with Gasteiger partial charge < -0.3 is 11.1 Å². The van der Waals surface area contributed by atoms with Gasteiger partial charge in [-0.25, -0.2) is 0 Å². The van der Waals surface area contributed by atoms with Crippen LogP contribution < -0.4 is 11.1 Å². The summed E-state index contributed by atoms with van der Waals surface area (Å²) in [5.41, 5.74) is 5.70. The van der Waals surface area contributed by atoms with Crippen molar-refractivity contribution in [1.82, 2.24) is 10.2 Å². The second kappa shape index (κ2) is 6.46. The van der Waals surface area contributed by atoms with Crippen LogP contribution >= 0.6 is 0 Å². The van der Waals surface area contributed by atoms with Crippen LogP contribution in [-0.4, -0.2) is 43.5 Å². The smallest absolute Gasteiger partial charge is 0.234 e. The van der Waals surface area contributed by atoms with E-state index in [0.29, 0.717) is 38.0 Å². The maximum absolute atomic E-state index is 11.5. The molecule has 1 aliphatic rings. The summed E-state index contributed by atoms with van der Waals surface area (Å²) in [5, 5.41) is 11.0. The summed E-state index contributed by atoms with van der Waals surface area (Å²) < 4.78 is 0. The minimum Gasteiger partial charge on any atom is -0.354 e. The number of nitriles is 1. The molecule has 1 amide bonds. The van der Waals surface area contributed by atoms with Crippen molar-refractivity contribution in [3.8, 4) is 6.07 Å². The molecule has 0 bridgehead atoms. The van der Waals surface area contributed by atoms with Gasteiger partial charge in [-0.15, -0.1) is 0 Å². The van der Waals surface area contributed by atoms with Crippen molar-refractivity contribution in [3.63, 3.8) is 0 Å². The lowest BCUT2D eigenvalue weighted by atomic mass is 10.1. The summed E-state index contributed by atoms with van der Waals surface area (Å²) in [5.74, 6) is 0.638. The first-order valence-electron chi connectivity index (χ1n) is 5.73. The summed E-state index contributed by atoms with van der Waals surface area (Å²) in [6, 6.07) is 2.31. The highest BCUT2D eigenvalue weighted by atomic mass is 16.2. The first kappa shape index (κ1) is 12.9. The first-order valence-corrected chi connectivity index (χ1v) is 5.73. The van der Waals surface area contributed by atoms with Crippen LogP contribution in [0, 0.1) is 17.2 Å². The Balaban J connectivity index is 2.23. The zero-order valence-electron chi connectivity index (χ0n) is 9.78. The van der Waals surface area contributed by atoms with Gasteiger partial charge in [0.15, 0.2) is 0 Å². The molecule has 1 aliphatic carbocycles. The molecule has 90 valence electrons. The predicted octanol–water partition coefficient (Wildman–Crippen LogP) is -0.315. The summed E-state index contributed by atoms with van der Waals surface area (Å²) >= 11 is 0. The van der Waals surface area contributed by atoms with Crippen LogP contribution in [0.3, 0.4) is 0 Å². The Morgan fingerprint density at radius 3 is 2.88 bits per heavy atom. The highest BCUT2D eigenvalue weighted by Crippen LogP contribution is 2.34. The summed E-state index contributed by atoms with van der Waals surface area (Å²) in [7, 11) is 1.93. The quantitative estimate of drug-likeness (QED) is 0.581. The average Bonchev–Trinajstić information content (AvgIpc) is 3.03. The number of amides is 1. The van der Waals surface area contributed by atoms with Crippen LogP contribution in [-0.2, 0) is 4.79 Å². The topological polar surface area (TPSA) is 82.2 Å². The number of nitrogens with two attached hydrogens (primary N) is 1. The van der Waals surface area contributed by atoms with Gasteiger partial charge in [0.25, 0.3) is 0 Å². The largest absolute Gasteiger partial charge is 0.354 e. The Morgan fingerprint density at radius 2 is 2.38 bits per heavy atom. The SMILES string of the molecule is CN(CC(=O)NCCC#N)C(CN)C1CC1. The molecule has 0 radical (unpaired) electrons. The summed E-state index contributed by atoms with van der Waals surface area (Å²) in [6.07, 6.45) is 2.81. The van der Waals surface area contributed by atoms with E-state index in [9.17, 15) is 4.79 Å². The highest BCUT2D eigenvalue weighted by Gasteiger charge is 2.33. The molecule has 16 heavy (non-hydrogen) atoms. The van der Waals surface area contributed by atoms with Crippen molar-refractivity contribution in [2.75, 3.05) is 26.7 Å². The number of carbonyl (C=O) groups is 1. The molecule has 0 saturated heterocycles. The zero-order valence-corrected chi connectivity index (χ0v) is 9.78. The van der Waals surface area contributed by atoms with Crippen LogP contribution in [0.15, 0.2) is 0 Å². The third-order valence-corrected chi connectivity index (χ3v) is 2.93. The molecule has 0 aromatic rings. The van der Waals surface area contributed by atoms with Crippen molar-refractivity contribution in [3.05, 3.63) is 0 Å².